The van der Waals surface area contributed by atoms with Crippen LogP contribution in [-0.2, 0) is 13.2 Å². The minimum atomic E-state index is -0.959. The van der Waals surface area contributed by atoms with Crippen LogP contribution in [0.3, 0.4) is 0 Å². The largest absolute Gasteiger partial charge is 0.483 e. The van der Waals surface area contributed by atoms with Gasteiger partial charge < -0.3 is 9.47 Å². The molecule has 0 amide bonds. The highest BCUT2D eigenvalue weighted by Gasteiger charge is 2.11. The average Bonchev–Trinajstić information content (AvgIpc) is 2.84. The molecule has 0 aliphatic heterocycles. The molecule has 0 bridgehead atoms. The van der Waals surface area contributed by atoms with E-state index < -0.39 is 11.6 Å². The fourth-order valence-corrected chi connectivity index (χ4v) is 2.80. The minimum absolute atomic E-state index is 0.239. The minimum Gasteiger partial charge on any atom is -0.483 e. The fraction of sp³-hybridized carbons (Fsp3) is 0.0769. The van der Waals surface area contributed by atoms with E-state index in [1.165, 1.54) is 6.07 Å². The van der Waals surface area contributed by atoms with Gasteiger partial charge in [0.05, 0.1) is 0 Å². The molecule has 0 fully saturated rings. The maximum atomic E-state index is 13.4. The van der Waals surface area contributed by atoms with E-state index in [4.69, 9.17) is 9.47 Å². The van der Waals surface area contributed by atoms with Crippen molar-refractivity contribution in [3.8, 4) is 23.5 Å². The molecule has 4 rings (SSSR count). The van der Waals surface area contributed by atoms with Gasteiger partial charge in [-0.25, -0.2) is 8.78 Å². The summed E-state index contributed by atoms with van der Waals surface area (Å²) in [7, 11) is 0. The first-order chi connectivity index (χ1) is 15.7. The van der Waals surface area contributed by atoms with Crippen LogP contribution in [-0.4, -0.2) is 10.2 Å². The second kappa shape index (κ2) is 10.2. The fourth-order valence-electron chi connectivity index (χ4n) is 2.80. The molecular formula is C26H18F2N2O2. The van der Waals surface area contributed by atoms with Gasteiger partial charge in [-0.05, 0) is 35.2 Å². The maximum Gasteiger partial charge on any atom is 0.276 e. The van der Waals surface area contributed by atoms with E-state index in [1.54, 1.807) is 6.07 Å². The molecule has 0 aliphatic rings. The van der Waals surface area contributed by atoms with Gasteiger partial charge in [-0.2, -0.15) is 0 Å². The lowest BCUT2D eigenvalue weighted by atomic mass is 10.2. The topological polar surface area (TPSA) is 44.2 Å². The lowest BCUT2D eigenvalue weighted by Gasteiger charge is -2.11. The van der Waals surface area contributed by atoms with E-state index in [1.807, 2.05) is 60.7 Å². The quantitative estimate of drug-likeness (QED) is 0.390. The van der Waals surface area contributed by atoms with Gasteiger partial charge in [0, 0.05) is 11.6 Å². The van der Waals surface area contributed by atoms with Crippen molar-refractivity contribution in [2.75, 3.05) is 0 Å². The van der Waals surface area contributed by atoms with Crippen LogP contribution in [0.5, 0.6) is 11.6 Å². The Morgan fingerprint density at radius 1 is 0.656 bits per heavy atom. The van der Waals surface area contributed by atoms with Gasteiger partial charge in [-0.3, -0.25) is 0 Å². The van der Waals surface area contributed by atoms with E-state index in [2.05, 4.69) is 22.0 Å². The zero-order valence-corrected chi connectivity index (χ0v) is 17.0. The van der Waals surface area contributed by atoms with Crippen molar-refractivity contribution in [3.05, 3.63) is 119 Å². The zero-order valence-electron chi connectivity index (χ0n) is 17.0. The molecule has 1 aromatic heterocycles. The molecule has 0 spiro atoms. The van der Waals surface area contributed by atoms with Crippen LogP contribution < -0.4 is 9.47 Å². The molecule has 0 atom stereocenters. The summed E-state index contributed by atoms with van der Waals surface area (Å²) < 4.78 is 38.3. The number of halogens is 2. The Balaban J connectivity index is 1.56. The smallest absolute Gasteiger partial charge is 0.276 e. The van der Waals surface area contributed by atoms with Gasteiger partial charge in [0.1, 0.15) is 18.9 Å². The molecule has 3 aromatic carbocycles. The number of aromatic nitrogens is 2. The molecule has 0 saturated heterocycles. The third-order valence-corrected chi connectivity index (χ3v) is 4.44. The second-order valence-corrected chi connectivity index (χ2v) is 6.83. The summed E-state index contributed by atoms with van der Waals surface area (Å²) in [6.07, 6.45) is 0. The summed E-state index contributed by atoms with van der Waals surface area (Å²) in [6, 6.07) is 24.4. The monoisotopic (exact) mass is 428 g/mol. The second-order valence-electron chi connectivity index (χ2n) is 6.83. The normalized spacial score (nSPS) is 10.2. The van der Waals surface area contributed by atoms with Crippen LogP contribution >= 0.6 is 0 Å². The molecule has 1 heterocycles. The predicted octanol–water partition coefficient (Wildman–Crippen LogP) is 5.31. The van der Waals surface area contributed by atoms with Crippen molar-refractivity contribution in [2.24, 2.45) is 0 Å². The molecule has 6 heteroatoms. The van der Waals surface area contributed by atoms with Crippen molar-refractivity contribution in [3.63, 3.8) is 0 Å². The molecule has 0 saturated carbocycles. The Morgan fingerprint density at radius 2 is 1.31 bits per heavy atom. The van der Waals surface area contributed by atoms with Gasteiger partial charge in [-0.15, -0.1) is 10.2 Å². The van der Waals surface area contributed by atoms with Gasteiger partial charge in [0.2, 0.25) is 0 Å². The van der Waals surface area contributed by atoms with E-state index in [0.29, 0.717) is 30.2 Å². The molecule has 158 valence electrons. The van der Waals surface area contributed by atoms with E-state index in [0.717, 1.165) is 23.3 Å². The molecule has 4 nitrogen and oxygen atoms in total. The van der Waals surface area contributed by atoms with Crippen LogP contribution in [0.25, 0.3) is 0 Å². The first-order valence-electron chi connectivity index (χ1n) is 9.85. The summed E-state index contributed by atoms with van der Waals surface area (Å²) >= 11 is 0. The average molecular weight is 428 g/mol. The Morgan fingerprint density at radius 3 is 1.97 bits per heavy atom. The lowest BCUT2D eigenvalue weighted by molar-refractivity contribution is 0.244. The lowest BCUT2D eigenvalue weighted by Crippen LogP contribution is -2.04. The molecule has 0 radical (unpaired) electrons. The Kier molecular flexibility index (Phi) is 6.69. The number of hydrogen-bond donors (Lipinski definition) is 0. The van der Waals surface area contributed by atoms with Crippen molar-refractivity contribution in [2.45, 2.75) is 13.2 Å². The number of hydrogen-bond acceptors (Lipinski definition) is 4. The summed E-state index contributed by atoms with van der Waals surface area (Å²) in [5.41, 5.74) is 2.59. The summed E-state index contributed by atoms with van der Waals surface area (Å²) in [5, 5.41) is 8.18. The van der Waals surface area contributed by atoms with Gasteiger partial charge in [0.25, 0.3) is 5.88 Å². The molecule has 0 N–H and O–H groups in total. The number of rotatable bonds is 6. The van der Waals surface area contributed by atoms with Crippen molar-refractivity contribution >= 4 is 0 Å². The first kappa shape index (κ1) is 21.0. The molecule has 32 heavy (non-hydrogen) atoms. The van der Waals surface area contributed by atoms with Crippen LogP contribution in [0.15, 0.2) is 84.9 Å². The summed E-state index contributed by atoms with van der Waals surface area (Å²) in [6.45, 7) is 0.612. The number of ether oxygens (including phenoxy) is 2. The van der Waals surface area contributed by atoms with Crippen LogP contribution in [0.1, 0.15) is 22.4 Å². The third kappa shape index (κ3) is 5.67. The van der Waals surface area contributed by atoms with Crippen LogP contribution in [0.2, 0.25) is 0 Å². The highest BCUT2D eigenvalue weighted by atomic mass is 19.2. The van der Waals surface area contributed by atoms with Gasteiger partial charge in [0.15, 0.2) is 17.4 Å². The van der Waals surface area contributed by atoms with Gasteiger partial charge in [-0.1, -0.05) is 66.6 Å². The Hall–Kier alpha value is -4.24. The zero-order chi connectivity index (χ0) is 22.2. The van der Waals surface area contributed by atoms with E-state index in [-0.39, 0.29) is 5.88 Å². The van der Waals surface area contributed by atoms with Crippen molar-refractivity contribution < 1.29 is 18.3 Å². The SMILES string of the molecule is Fc1ccc(C#Cc2cc(OCc3ccccc3)c(OCc3ccccc3)nn2)cc1F. The van der Waals surface area contributed by atoms with E-state index in [9.17, 15) is 8.78 Å². The molecule has 0 aliphatic carbocycles. The predicted molar refractivity (Wildman–Crippen MR) is 116 cm³/mol. The van der Waals surface area contributed by atoms with Crippen LogP contribution in [0, 0.1) is 23.5 Å². The molecule has 0 unspecified atom stereocenters. The first-order valence-corrected chi connectivity index (χ1v) is 9.85. The Bertz CT molecular complexity index is 1250. The number of benzene rings is 3. The van der Waals surface area contributed by atoms with Crippen molar-refractivity contribution in [1.82, 2.24) is 10.2 Å². The summed E-state index contributed by atoms with van der Waals surface area (Å²) in [4.78, 5) is 0. The standard InChI is InChI=1S/C26H18F2N2O2/c27-23-14-12-19(15-24(23)28)11-13-22-16-25(31-17-20-7-3-1-4-8-20)26(30-29-22)32-18-21-9-5-2-6-10-21/h1-10,12,14-16H,17-18H2. The van der Waals surface area contributed by atoms with Gasteiger partial charge >= 0.3 is 0 Å². The molecular weight excluding hydrogens is 410 g/mol. The highest BCUT2D eigenvalue weighted by Crippen LogP contribution is 2.26. The Labute approximate surface area is 184 Å². The summed E-state index contributed by atoms with van der Waals surface area (Å²) in [5.74, 6) is 4.29. The molecule has 4 aromatic rings. The van der Waals surface area contributed by atoms with Crippen molar-refractivity contribution in [1.29, 1.82) is 0 Å². The maximum absolute atomic E-state index is 13.4. The number of nitrogens with zero attached hydrogens (tertiary/aromatic N) is 2. The third-order valence-electron chi connectivity index (χ3n) is 4.44. The van der Waals surface area contributed by atoms with Crippen LogP contribution in [0.4, 0.5) is 8.78 Å². The highest BCUT2D eigenvalue weighted by molar-refractivity contribution is 5.44. The van der Waals surface area contributed by atoms with E-state index >= 15 is 0 Å².